The van der Waals surface area contributed by atoms with Gasteiger partial charge in [-0.25, -0.2) is 13.2 Å². The highest BCUT2D eigenvalue weighted by atomic mass is 32.2. The standard InChI is InChI=1S/C14H23N3O4S/c1-11(2)9-16-4-6-17(7-5-16)22(20,21)12-8-13(14(18)19)15(3)10-12/h8,10-11H,4-7,9H2,1-3H3,(H,18,19). The van der Waals surface area contributed by atoms with Gasteiger partial charge >= 0.3 is 5.97 Å². The van der Waals surface area contributed by atoms with Crippen molar-refractivity contribution >= 4 is 16.0 Å². The third-order valence-electron chi connectivity index (χ3n) is 3.79. The summed E-state index contributed by atoms with van der Waals surface area (Å²) >= 11 is 0. The van der Waals surface area contributed by atoms with Crippen LogP contribution in [-0.4, -0.2) is 66.0 Å². The number of aryl methyl sites for hydroxylation is 1. The first-order valence-electron chi connectivity index (χ1n) is 7.34. The summed E-state index contributed by atoms with van der Waals surface area (Å²) in [6.45, 7) is 7.52. The zero-order valence-electron chi connectivity index (χ0n) is 13.2. The summed E-state index contributed by atoms with van der Waals surface area (Å²) in [5.41, 5.74) is -0.0305. The van der Waals surface area contributed by atoms with Gasteiger partial charge in [0.05, 0.1) is 0 Å². The highest BCUT2D eigenvalue weighted by molar-refractivity contribution is 7.89. The molecule has 8 heteroatoms. The maximum atomic E-state index is 12.6. The summed E-state index contributed by atoms with van der Waals surface area (Å²) in [6.07, 6.45) is 1.36. The molecule has 0 aliphatic carbocycles. The van der Waals surface area contributed by atoms with E-state index in [0.29, 0.717) is 32.1 Å². The third-order valence-corrected chi connectivity index (χ3v) is 5.66. The number of carbonyl (C=O) groups is 1. The molecule has 0 amide bonds. The molecule has 124 valence electrons. The number of sulfonamides is 1. The Balaban J connectivity index is 2.12. The van der Waals surface area contributed by atoms with E-state index in [-0.39, 0.29) is 10.6 Å². The largest absolute Gasteiger partial charge is 0.477 e. The van der Waals surface area contributed by atoms with E-state index in [1.165, 1.54) is 28.2 Å². The maximum Gasteiger partial charge on any atom is 0.352 e. The van der Waals surface area contributed by atoms with Gasteiger partial charge in [0.25, 0.3) is 0 Å². The molecule has 1 aliphatic rings. The Hall–Kier alpha value is -1.38. The first-order valence-corrected chi connectivity index (χ1v) is 8.78. The molecule has 0 unspecified atom stereocenters. The number of carboxylic acid groups (broad SMARTS) is 1. The number of carboxylic acids is 1. The molecule has 2 rings (SSSR count). The SMILES string of the molecule is CC(C)CN1CCN(S(=O)(=O)c2cc(C(=O)O)n(C)c2)CC1. The second kappa shape index (κ2) is 6.39. The third kappa shape index (κ3) is 3.50. The van der Waals surface area contributed by atoms with E-state index in [4.69, 9.17) is 5.11 Å². The molecular formula is C14H23N3O4S. The molecule has 1 N–H and O–H groups in total. The van der Waals surface area contributed by atoms with Crippen molar-refractivity contribution in [1.82, 2.24) is 13.8 Å². The maximum absolute atomic E-state index is 12.6. The quantitative estimate of drug-likeness (QED) is 0.859. The molecule has 0 spiro atoms. The molecule has 1 aromatic heterocycles. The molecule has 0 radical (unpaired) electrons. The molecule has 2 heterocycles. The van der Waals surface area contributed by atoms with Gasteiger partial charge in [0, 0.05) is 46.0 Å². The number of nitrogens with zero attached hydrogens (tertiary/aromatic N) is 3. The van der Waals surface area contributed by atoms with Crippen LogP contribution < -0.4 is 0 Å². The molecule has 0 bridgehead atoms. The number of hydrogen-bond acceptors (Lipinski definition) is 4. The zero-order valence-corrected chi connectivity index (χ0v) is 14.0. The van der Waals surface area contributed by atoms with E-state index < -0.39 is 16.0 Å². The van der Waals surface area contributed by atoms with Crippen LogP contribution in [0.2, 0.25) is 0 Å². The topological polar surface area (TPSA) is 82.8 Å². The van der Waals surface area contributed by atoms with E-state index >= 15 is 0 Å². The van der Waals surface area contributed by atoms with Crippen molar-refractivity contribution in [3.8, 4) is 0 Å². The van der Waals surface area contributed by atoms with Crippen LogP contribution in [0.15, 0.2) is 17.2 Å². The van der Waals surface area contributed by atoms with Crippen LogP contribution in [0.4, 0.5) is 0 Å². The molecule has 1 saturated heterocycles. The lowest BCUT2D eigenvalue weighted by Gasteiger charge is -2.34. The molecule has 0 saturated carbocycles. The molecule has 1 aliphatic heterocycles. The Bertz CT molecular complexity index is 643. The summed E-state index contributed by atoms with van der Waals surface area (Å²) in [4.78, 5) is 13.3. The van der Waals surface area contributed by atoms with Crippen LogP contribution in [0.1, 0.15) is 24.3 Å². The van der Waals surface area contributed by atoms with Crippen LogP contribution in [0, 0.1) is 5.92 Å². The summed E-state index contributed by atoms with van der Waals surface area (Å²) in [6, 6.07) is 1.22. The van der Waals surface area contributed by atoms with E-state index in [1.807, 2.05) is 0 Å². The van der Waals surface area contributed by atoms with Crippen molar-refractivity contribution in [3.63, 3.8) is 0 Å². The van der Waals surface area contributed by atoms with Crippen molar-refractivity contribution in [1.29, 1.82) is 0 Å². The molecular weight excluding hydrogens is 306 g/mol. The Morgan fingerprint density at radius 3 is 2.32 bits per heavy atom. The van der Waals surface area contributed by atoms with E-state index in [9.17, 15) is 13.2 Å². The van der Waals surface area contributed by atoms with E-state index in [2.05, 4.69) is 18.7 Å². The minimum atomic E-state index is -3.63. The Morgan fingerprint density at radius 2 is 1.86 bits per heavy atom. The molecule has 1 aromatic rings. The van der Waals surface area contributed by atoms with Crippen LogP contribution in [0.25, 0.3) is 0 Å². The van der Waals surface area contributed by atoms with Crippen LogP contribution in [0.3, 0.4) is 0 Å². The second-order valence-electron chi connectivity index (χ2n) is 6.08. The van der Waals surface area contributed by atoms with Crippen molar-refractivity contribution in [2.45, 2.75) is 18.7 Å². The average Bonchev–Trinajstić information content (AvgIpc) is 2.81. The van der Waals surface area contributed by atoms with Gasteiger partial charge in [-0.1, -0.05) is 13.8 Å². The summed E-state index contributed by atoms with van der Waals surface area (Å²) < 4.78 is 28.0. The first-order chi connectivity index (χ1) is 10.2. The number of rotatable bonds is 5. The van der Waals surface area contributed by atoms with Gasteiger partial charge < -0.3 is 14.6 Å². The van der Waals surface area contributed by atoms with Crippen molar-refractivity contribution in [3.05, 3.63) is 18.0 Å². The van der Waals surface area contributed by atoms with Crippen LogP contribution in [0.5, 0.6) is 0 Å². The number of piperazine rings is 1. The molecule has 22 heavy (non-hydrogen) atoms. The van der Waals surface area contributed by atoms with E-state index in [0.717, 1.165) is 6.54 Å². The summed E-state index contributed by atoms with van der Waals surface area (Å²) in [5.74, 6) is -0.582. The minimum absolute atomic E-state index is 0.0305. The van der Waals surface area contributed by atoms with Gasteiger partial charge in [-0.3, -0.25) is 0 Å². The number of hydrogen-bond donors (Lipinski definition) is 1. The Labute approximate surface area is 131 Å². The highest BCUT2D eigenvalue weighted by Crippen LogP contribution is 2.20. The van der Waals surface area contributed by atoms with Crippen LogP contribution in [-0.2, 0) is 17.1 Å². The van der Waals surface area contributed by atoms with Crippen molar-refractivity contribution in [2.75, 3.05) is 32.7 Å². The normalized spacial score (nSPS) is 18.0. The fourth-order valence-corrected chi connectivity index (χ4v) is 4.20. The van der Waals surface area contributed by atoms with Crippen LogP contribution >= 0.6 is 0 Å². The molecule has 1 fully saturated rings. The fourth-order valence-electron chi connectivity index (χ4n) is 2.71. The molecule has 7 nitrogen and oxygen atoms in total. The molecule has 0 aromatic carbocycles. The summed E-state index contributed by atoms with van der Waals surface area (Å²) in [7, 11) is -2.10. The number of aromatic carboxylic acids is 1. The first kappa shape index (κ1) is 17.0. The minimum Gasteiger partial charge on any atom is -0.477 e. The lowest BCUT2D eigenvalue weighted by molar-refractivity contribution is 0.0686. The van der Waals surface area contributed by atoms with Gasteiger partial charge in [0.2, 0.25) is 10.0 Å². The number of aromatic nitrogens is 1. The molecule has 0 atom stereocenters. The highest BCUT2D eigenvalue weighted by Gasteiger charge is 2.30. The second-order valence-corrected chi connectivity index (χ2v) is 8.01. The predicted molar refractivity (Wildman–Crippen MR) is 82.4 cm³/mol. The fraction of sp³-hybridized carbons (Fsp3) is 0.643. The van der Waals surface area contributed by atoms with Gasteiger partial charge in [-0.05, 0) is 12.0 Å². The predicted octanol–water partition coefficient (Wildman–Crippen LogP) is 0.686. The average molecular weight is 329 g/mol. The van der Waals surface area contributed by atoms with Gasteiger partial charge in [0.1, 0.15) is 10.6 Å². The van der Waals surface area contributed by atoms with Gasteiger partial charge in [-0.15, -0.1) is 0 Å². The monoisotopic (exact) mass is 329 g/mol. The Morgan fingerprint density at radius 1 is 1.27 bits per heavy atom. The van der Waals surface area contributed by atoms with Gasteiger partial charge in [0.15, 0.2) is 0 Å². The van der Waals surface area contributed by atoms with Crippen molar-refractivity contribution in [2.24, 2.45) is 13.0 Å². The summed E-state index contributed by atoms with van der Waals surface area (Å²) in [5, 5.41) is 9.04. The van der Waals surface area contributed by atoms with E-state index in [1.54, 1.807) is 0 Å². The van der Waals surface area contributed by atoms with Crippen molar-refractivity contribution < 1.29 is 18.3 Å². The van der Waals surface area contributed by atoms with Gasteiger partial charge in [-0.2, -0.15) is 4.31 Å². The zero-order chi connectivity index (χ0) is 16.5. The Kier molecular flexibility index (Phi) is 4.93. The smallest absolute Gasteiger partial charge is 0.352 e. The lowest BCUT2D eigenvalue weighted by Crippen LogP contribution is -2.49. The lowest BCUT2D eigenvalue weighted by atomic mass is 10.2.